The Balaban J connectivity index is 1.87. The van der Waals surface area contributed by atoms with Gasteiger partial charge in [0.2, 0.25) is 0 Å². The summed E-state index contributed by atoms with van der Waals surface area (Å²) in [5, 5.41) is 3.36. The van der Waals surface area contributed by atoms with E-state index in [1.54, 1.807) is 36.4 Å². The lowest BCUT2D eigenvalue weighted by Gasteiger charge is -2.22. The highest BCUT2D eigenvalue weighted by molar-refractivity contribution is 6.31. The van der Waals surface area contributed by atoms with Crippen molar-refractivity contribution in [1.29, 1.82) is 0 Å². The van der Waals surface area contributed by atoms with Crippen LogP contribution in [0, 0.1) is 0 Å². The van der Waals surface area contributed by atoms with E-state index in [0.29, 0.717) is 21.8 Å². The number of amides is 2. The molecule has 1 aliphatic rings. The van der Waals surface area contributed by atoms with Gasteiger partial charge in [-0.2, -0.15) is 0 Å². The minimum absolute atomic E-state index is 0.00468. The van der Waals surface area contributed by atoms with E-state index >= 15 is 0 Å². The number of hydrogen-bond donors (Lipinski definition) is 1. The molecule has 1 fully saturated rings. The standard InChI is InChI=1S/C20H22ClN3O2/c1-23(2)18-9-8-16(13-17(18)20(26)24-10-3-4-11-24)22-19(25)14-6-5-7-15(21)12-14/h5-9,12-13H,3-4,10-11H2,1-2H3,(H,22,25). The van der Waals surface area contributed by atoms with Crippen molar-refractivity contribution in [2.75, 3.05) is 37.4 Å². The fourth-order valence-corrected chi connectivity index (χ4v) is 3.29. The molecule has 0 spiro atoms. The molecule has 1 aliphatic heterocycles. The number of anilines is 2. The van der Waals surface area contributed by atoms with Gasteiger partial charge in [0.25, 0.3) is 11.8 Å². The topological polar surface area (TPSA) is 52.7 Å². The number of rotatable bonds is 4. The number of carbonyl (C=O) groups is 2. The van der Waals surface area contributed by atoms with Crippen LogP contribution in [0.15, 0.2) is 42.5 Å². The minimum Gasteiger partial charge on any atom is -0.377 e. The van der Waals surface area contributed by atoms with E-state index in [2.05, 4.69) is 5.32 Å². The summed E-state index contributed by atoms with van der Waals surface area (Å²) in [7, 11) is 3.81. The molecular weight excluding hydrogens is 350 g/mol. The Bertz CT molecular complexity index is 830. The highest BCUT2D eigenvalue weighted by atomic mass is 35.5. The number of likely N-dealkylation sites (tertiary alicyclic amines) is 1. The zero-order valence-corrected chi connectivity index (χ0v) is 15.7. The minimum atomic E-state index is -0.260. The van der Waals surface area contributed by atoms with E-state index in [4.69, 9.17) is 11.6 Å². The van der Waals surface area contributed by atoms with Crippen molar-refractivity contribution in [3.8, 4) is 0 Å². The summed E-state index contributed by atoms with van der Waals surface area (Å²) >= 11 is 5.95. The molecule has 0 atom stereocenters. The highest BCUT2D eigenvalue weighted by Crippen LogP contribution is 2.26. The van der Waals surface area contributed by atoms with Gasteiger partial charge in [0.05, 0.1) is 5.56 Å². The van der Waals surface area contributed by atoms with E-state index in [-0.39, 0.29) is 11.8 Å². The monoisotopic (exact) mass is 371 g/mol. The number of carbonyl (C=O) groups excluding carboxylic acids is 2. The largest absolute Gasteiger partial charge is 0.377 e. The maximum absolute atomic E-state index is 12.9. The van der Waals surface area contributed by atoms with Crippen LogP contribution in [0.2, 0.25) is 5.02 Å². The predicted molar refractivity (Wildman–Crippen MR) is 105 cm³/mol. The Kier molecular flexibility index (Phi) is 5.47. The zero-order valence-electron chi connectivity index (χ0n) is 15.0. The molecule has 26 heavy (non-hydrogen) atoms. The first-order valence-electron chi connectivity index (χ1n) is 8.63. The number of benzene rings is 2. The van der Waals surface area contributed by atoms with Gasteiger partial charge in [-0.25, -0.2) is 0 Å². The molecular formula is C20H22ClN3O2. The maximum atomic E-state index is 12.9. The average molecular weight is 372 g/mol. The highest BCUT2D eigenvalue weighted by Gasteiger charge is 2.23. The van der Waals surface area contributed by atoms with Gasteiger partial charge in [-0.15, -0.1) is 0 Å². The molecule has 1 heterocycles. The van der Waals surface area contributed by atoms with Crippen molar-refractivity contribution >= 4 is 34.8 Å². The van der Waals surface area contributed by atoms with Crippen molar-refractivity contribution < 1.29 is 9.59 Å². The van der Waals surface area contributed by atoms with Crippen molar-refractivity contribution in [2.45, 2.75) is 12.8 Å². The summed E-state index contributed by atoms with van der Waals surface area (Å²) in [5.41, 5.74) is 2.49. The van der Waals surface area contributed by atoms with Crippen LogP contribution in [0.3, 0.4) is 0 Å². The van der Waals surface area contributed by atoms with Crippen LogP contribution in [0.25, 0.3) is 0 Å². The molecule has 0 saturated carbocycles. The van der Waals surface area contributed by atoms with Gasteiger partial charge in [-0.1, -0.05) is 17.7 Å². The third-order valence-electron chi connectivity index (χ3n) is 4.45. The van der Waals surface area contributed by atoms with E-state index in [0.717, 1.165) is 31.6 Å². The Labute approximate surface area is 158 Å². The van der Waals surface area contributed by atoms with Gasteiger partial charge in [-0.05, 0) is 49.2 Å². The van der Waals surface area contributed by atoms with E-state index < -0.39 is 0 Å². The second-order valence-electron chi connectivity index (χ2n) is 6.59. The van der Waals surface area contributed by atoms with Gasteiger partial charge in [0.1, 0.15) is 0 Å². The van der Waals surface area contributed by atoms with E-state index in [1.165, 1.54) is 0 Å². The molecule has 0 unspecified atom stereocenters. The summed E-state index contributed by atoms with van der Waals surface area (Å²) in [5.74, 6) is -0.255. The van der Waals surface area contributed by atoms with Crippen LogP contribution in [0.1, 0.15) is 33.6 Å². The number of hydrogen-bond acceptors (Lipinski definition) is 3. The molecule has 6 heteroatoms. The van der Waals surface area contributed by atoms with Crippen molar-refractivity contribution in [1.82, 2.24) is 4.90 Å². The molecule has 0 radical (unpaired) electrons. The molecule has 0 aliphatic carbocycles. The van der Waals surface area contributed by atoms with Gasteiger partial charge >= 0.3 is 0 Å². The van der Waals surface area contributed by atoms with Crippen LogP contribution < -0.4 is 10.2 Å². The Morgan fingerprint density at radius 3 is 2.46 bits per heavy atom. The molecule has 2 amide bonds. The SMILES string of the molecule is CN(C)c1ccc(NC(=O)c2cccc(Cl)c2)cc1C(=O)N1CCCC1. The Hall–Kier alpha value is -2.53. The number of nitrogens with one attached hydrogen (secondary N) is 1. The normalized spacial score (nSPS) is 13.6. The summed E-state index contributed by atoms with van der Waals surface area (Å²) < 4.78 is 0. The van der Waals surface area contributed by atoms with Crippen LogP contribution in [0.5, 0.6) is 0 Å². The summed E-state index contributed by atoms with van der Waals surface area (Å²) in [6.45, 7) is 1.57. The van der Waals surface area contributed by atoms with Crippen LogP contribution in [-0.2, 0) is 0 Å². The summed E-state index contributed by atoms with van der Waals surface area (Å²) in [6, 6.07) is 12.2. The van der Waals surface area contributed by atoms with Crippen molar-refractivity contribution in [3.05, 3.63) is 58.6 Å². The van der Waals surface area contributed by atoms with Crippen molar-refractivity contribution in [2.24, 2.45) is 0 Å². The summed E-state index contributed by atoms with van der Waals surface area (Å²) in [4.78, 5) is 29.1. The number of nitrogens with zero attached hydrogens (tertiary/aromatic N) is 2. The lowest BCUT2D eigenvalue weighted by Crippen LogP contribution is -2.29. The first-order chi connectivity index (χ1) is 12.5. The third kappa shape index (κ3) is 3.99. The van der Waals surface area contributed by atoms with Crippen LogP contribution in [0.4, 0.5) is 11.4 Å². The molecule has 2 aromatic rings. The Morgan fingerprint density at radius 1 is 1.08 bits per heavy atom. The smallest absolute Gasteiger partial charge is 0.256 e. The van der Waals surface area contributed by atoms with Crippen molar-refractivity contribution in [3.63, 3.8) is 0 Å². The zero-order chi connectivity index (χ0) is 18.7. The first-order valence-corrected chi connectivity index (χ1v) is 9.01. The lowest BCUT2D eigenvalue weighted by molar-refractivity contribution is 0.0793. The molecule has 2 aromatic carbocycles. The molecule has 5 nitrogen and oxygen atoms in total. The second-order valence-corrected chi connectivity index (χ2v) is 7.03. The maximum Gasteiger partial charge on any atom is 0.256 e. The van der Waals surface area contributed by atoms with Gasteiger partial charge < -0.3 is 15.1 Å². The molecule has 136 valence electrons. The fourth-order valence-electron chi connectivity index (χ4n) is 3.10. The fraction of sp³-hybridized carbons (Fsp3) is 0.300. The summed E-state index contributed by atoms with van der Waals surface area (Å²) in [6.07, 6.45) is 2.07. The van der Waals surface area contributed by atoms with E-state index in [9.17, 15) is 9.59 Å². The van der Waals surface area contributed by atoms with E-state index in [1.807, 2.05) is 30.0 Å². The molecule has 0 aromatic heterocycles. The Morgan fingerprint density at radius 2 is 1.81 bits per heavy atom. The van der Waals surface area contributed by atoms with Gasteiger partial charge in [0, 0.05) is 49.1 Å². The molecule has 1 N–H and O–H groups in total. The second kappa shape index (κ2) is 7.79. The van der Waals surface area contributed by atoms with Crippen LogP contribution in [-0.4, -0.2) is 43.9 Å². The van der Waals surface area contributed by atoms with Crippen LogP contribution >= 0.6 is 11.6 Å². The molecule has 3 rings (SSSR count). The first kappa shape index (κ1) is 18.3. The molecule has 0 bridgehead atoms. The third-order valence-corrected chi connectivity index (χ3v) is 4.68. The quantitative estimate of drug-likeness (QED) is 0.886. The molecule has 1 saturated heterocycles. The average Bonchev–Trinajstić information content (AvgIpc) is 3.15. The van der Waals surface area contributed by atoms with Gasteiger partial charge in [-0.3, -0.25) is 9.59 Å². The van der Waals surface area contributed by atoms with Gasteiger partial charge in [0.15, 0.2) is 0 Å². The lowest BCUT2D eigenvalue weighted by atomic mass is 10.1. The number of halogens is 1. The predicted octanol–water partition coefficient (Wildman–Crippen LogP) is 3.89.